The van der Waals surface area contributed by atoms with Crippen LogP contribution in [0.4, 0.5) is 0 Å². The van der Waals surface area contributed by atoms with Crippen molar-refractivity contribution in [3.05, 3.63) is 40.5 Å². The summed E-state index contributed by atoms with van der Waals surface area (Å²) in [6.45, 7) is -0.662. The molecule has 1 amide bonds. The molecule has 5 atom stereocenters. The first-order valence-corrected chi connectivity index (χ1v) is 8.09. The number of phosphoric acid groups is 1. The number of pyridine rings is 1. The van der Waals surface area contributed by atoms with Crippen LogP contribution in [0, 0.1) is 0 Å². The second-order valence-corrected chi connectivity index (χ2v) is 6.11. The molecule has 0 radical (unpaired) electrons. The van der Waals surface area contributed by atoms with E-state index in [0.29, 0.717) is 0 Å². The van der Waals surface area contributed by atoms with Crippen molar-refractivity contribution in [2.75, 3.05) is 6.61 Å². The minimum atomic E-state index is -5.01. The van der Waals surface area contributed by atoms with E-state index in [0.717, 1.165) is 0 Å². The van der Waals surface area contributed by atoms with E-state index >= 15 is 0 Å². The van der Waals surface area contributed by atoms with Crippen LogP contribution >= 0.6 is 7.82 Å². The Labute approximate surface area is 135 Å². The van der Waals surface area contributed by atoms with Gasteiger partial charge in [-0.05, 0) is 11.6 Å². The lowest BCUT2D eigenvalue weighted by Gasteiger charge is -2.19. The van der Waals surface area contributed by atoms with E-state index in [1.165, 1.54) is 29.1 Å². The fraction of sp³-hybridized carbons (Fsp3) is 0.455. The molecule has 0 aliphatic carbocycles. The number of nitrogens with two attached hydrogens (primary N) is 1. The van der Waals surface area contributed by atoms with Crippen molar-refractivity contribution in [2.24, 2.45) is 10.8 Å². The van der Waals surface area contributed by atoms with Crippen molar-refractivity contribution in [1.82, 2.24) is 0 Å². The first-order chi connectivity index (χ1) is 11.2. The minimum absolute atomic E-state index is 0.146. The Hall–Kier alpha value is -2.04. The maximum atomic E-state index is 11.2. The van der Waals surface area contributed by atoms with Crippen molar-refractivity contribution < 1.29 is 38.1 Å². The maximum Gasteiger partial charge on any atom is 0.289 e. The number of amides is 1. The van der Waals surface area contributed by atoms with Crippen LogP contribution in [0.1, 0.15) is 16.6 Å². The summed E-state index contributed by atoms with van der Waals surface area (Å²) in [5, 5.41) is 13.6. The number of ether oxygens (including phenoxy) is 1. The van der Waals surface area contributed by atoms with Crippen LogP contribution in [0.5, 0.6) is 0 Å². The molecule has 0 bridgehead atoms. The van der Waals surface area contributed by atoms with Gasteiger partial charge in [0.25, 0.3) is 20.0 Å². The van der Waals surface area contributed by atoms with Crippen molar-refractivity contribution in [1.29, 1.82) is 0 Å². The van der Waals surface area contributed by atoms with Gasteiger partial charge < -0.3 is 29.9 Å². The molecule has 13 heteroatoms. The molecule has 1 fully saturated rings. The Bertz CT molecular complexity index is 718. The van der Waals surface area contributed by atoms with Crippen LogP contribution in [0.25, 0.3) is 10.4 Å². The predicted molar refractivity (Wildman–Crippen MR) is 73.8 cm³/mol. The Morgan fingerprint density at radius 1 is 1.67 bits per heavy atom. The van der Waals surface area contributed by atoms with Crippen LogP contribution in [0.2, 0.25) is 0 Å². The zero-order valence-corrected chi connectivity index (χ0v) is 13.0. The Kier molecular flexibility index (Phi) is 5.52. The number of aliphatic hydroxyl groups excluding tert-OH is 1. The maximum absolute atomic E-state index is 11.2. The molecule has 12 nitrogen and oxygen atoms in total. The number of carbonyl (C=O) groups excluding carboxylic acids is 1. The molecule has 1 aromatic rings. The summed E-state index contributed by atoms with van der Waals surface area (Å²) in [7, 11) is -5.01. The van der Waals surface area contributed by atoms with Crippen molar-refractivity contribution in [3.63, 3.8) is 0 Å². The molecule has 1 aromatic heterocycles. The van der Waals surface area contributed by atoms with E-state index < -0.39 is 44.8 Å². The quantitative estimate of drug-likeness (QED) is 0.180. The predicted octanol–water partition coefficient (Wildman–Crippen LogP) is -1.51. The zero-order valence-electron chi connectivity index (χ0n) is 12.1. The minimum Gasteiger partial charge on any atom is -0.756 e. The third-order valence-corrected chi connectivity index (χ3v) is 3.80. The standard InChI is InChI=1S/C11H14N5O7P/c12-10(18)6-2-1-3-16(4-6)11-9(17)8(14-15-13)7(23-11)5-22-24(19,20)21/h1-4,7-9,11,17H,5H2,(H3-,12,18,19,20,21)/t7-,8?,9-,11-/m1/s1. The Morgan fingerprint density at radius 3 is 2.96 bits per heavy atom. The third kappa shape index (κ3) is 4.28. The van der Waals surface area contributed by atoms with E-state index in [1.807, 2.05) is 0 Å². The highest BCUT2D eigenvalue weighted by molar-refractivity contribution is 7.44. The summed E-state index contributed by atoms with van der Waals surface area (Å²) in [5.74, 6) is -0.698. The molecule has 2 heterocycles. The molecule has 1 aliphatic rings. The van der Waals surface area contributed by atoms with Gasteiger partial charge in [0.1, 0.15) is 11.6 Å². The number of hydrogen-bond acceptors (Lipinski definition) is 7. The van der Waals surface area contributed by atoms with Crippen LogP contribution in [0.3, 0.4) is 0 Å². The molecule has 0 spiro atoms. The van der Waals surface area contributed by atoms with Gasteiger partial charge in [0, 0.05) is 11.0 Å². The molecule has 2 rings (SSSR count). The molecule has 130 valence electrons. The fourth-order valence-corrected chi connectivity index (χ4v) is 2.62. The number of rotatable bonds is 6. The molecule has 1 saturated heterocycles. The lowest BCUT2D eigenvalue weighted by Crippen LogP contribution is -2.46. The number of primary amides is 1. The number of carbonyl (C=O) groups is 1. The molecule has 0 aromatic carbocycles. The molecule has 0 saturated carbocycles. The Morgan fingerprint density at radius 2 is 2.38 bits per heavy atom. The number of hydrogen-bond donors (Lipinski definition) is 3. The van der Waals surface area contributed by atoms with E-state index in [9.17, 15) is 19.4 Å². The van der Waals surface area contributed by atoms with Gasteiger partial charge in [0.05, 0.1) is 12.7 Å². The first kappa shape index (κ1) is 18.3. The fourth-order valence-electron chi connectivity index (χ4n) is 2.28. The van der Waals surface area contributed by atoms with Gasteiger partial charge in [-0.25, -0.2) is 0 Å². The normalized spacial score (nSPS) is 28.8. The van der Waals surface area contributed by atoms with Crippen molar-refractivity contribution in [2.45, 2.75) is 24.5 Å². The van der Waals surface area contributed by atoms with E-state index in [1.54, 1.807) is 0 Å². The number of nitrogens with zero attached hydrogens (tertiary/aromatic N) is 4. The molecule has 24 heavy (non-hydrogen) atoms. The topological polar surface area (TPSA) is 195 Å². The summed E-state index contributed by atoms with van der Waals surface area (Å²) in [4.78, 5) is 33.1. The van der Waals surface area contributed by atoms with Crippen LogP contribution in [-0.4, -0.2) is 40.8 Å². The van der Waals surface area contributed by atoms with E-state index in [4.69, 9.17) is 20.9 Å². The molecular weight excluding hydrogens is 345 g/mol. The molecule has 4 N–H and O–H groups in total. The summed E-state index contributed by atoms with van der Waals surface area (Å²) < 4.78 is 21.7. The van der Waals surface area contributed by atoms with E-state index in [-0.39, 0.29) is 5.56 Å². The third-order valence-electron chi connectivity index (χ3n) is 3.32. The van der Waals surface area contributed by atoms with Gasteiger partial charge in [0.2, 0.25) is 0 Å². The summed E-state index contributed by atoms with van der Waals surface area (Å²) in [6.07, 6.45) is -0.788. The zero-order chi connectivity index (χ0) is 17.9. The van der Waals surface area contributed by atoms with Gasteiger partial charge in [-0.2, -0.15) is 4.57 Å². The summed E-state index contributed by atoms with van der Waals surface area (Å²) >= 11 is 0. The van der Waals surface area contributed by atoms with E-state index in [2.05, 4.69) is 14.5 Å². The smallest absolute Gasteiger partial charge is 0.289 e. The molecule has 2 unspecified atom stereocenters. The van der Waals surface area contributed by atoms with Gasteiger partial charge in [-0.15, -0.1) is 0 Å². The Balaban J connectivity index is 2.25. The van der Waals surface area contributed by atoms with Crippen molar-refractivity contribution >= 4 is 13.7 Å². The SMILES string of the molecule is [N-]=[N+]=NC1[C@@H](O)[C@H]([n+]2cccc(C(N)=O)c2)O[C@@H]1COP(=O)([O-])O. The average Bonchev–Trinajstić information content (AvgIpc) is 2.82. The summed E-state index contributed by atoms with van der Waals surface area (Å²) in [6, 6.07) is 1.77. The number of aliphatic hydroxyl groups is 1. The number of azide groups is 1. The van der Waals surface area contributed by atoms with Gasteiger partial charge in [0.15, 0.2) is 18.5 Å². The van der Waals surface area contributed by atoms with Gasteiger partial charge >= 0.3 is 0 Å². The van der Waals surface area contributed by atoms with Crippen LogP contribution in [-0.2, 0) is 13.8 Å². The second kappa shape index (κ2) is 7.24. The number of phosphoric ester groups is 1. The molecular formula is C11H14N5O7P. The second-order valence-electron chi connectivity index (χ2n) is 4.92. The van der Waals surface area contributed by atoms with Crippen molar-refractivity contribution in [3.8, 4) is 0 Å². The lowest BCUT2D eigenvalue weighted by molar-refractivity contribution is -0.765. The lowest BCUT2D eigenvalue weighted by atomic mass is 10.1. The molecule has 1 aliphatic heterocycles. The van der Waals surface area contributed by atoms with Gasteiger partial charge in [-0.1, -0.05) is 5.11 Å². The number of aromatic nitrogens is 1. The van der Waals surface area contributed by atoms with Gasteiger partial charge in [-0.3, -0.25) is 9.36 Å². The highest BCUT2D eigenvalue weighted by Crippen LogP contribution is 2.34. The van der Waals surface area contributed by atoms with Crippen LogP contribution < -0.4 is 15.2 Å². The first-order valence-electron chi connectivity index (χ1n) is 6.59. The highest BCUT2D eigenvalue weighted by Gasteiger charge is 2.49. The average molecular weight is 359 g/mol. The summed E-state index contributed by atoms with van der Waals surface area (Å²) in [5.41, 5.74) is 13.9. The largest absolute Gasteiger partial charge is 0.756 e. The monoisotopic (exact) mass is 359 g/mol. The highest BCUT2D eigenvalue weighted by atomic mass is 31.2. The van der Waals surface area contributed by atoms with Crippen LogP contribution in [0.15, 0.2) is 29.6 Å².